The van der Waals surface area contributed by atoms with Gasteiger partial charge in [0.2, 0.25) is 5.82 Å². The number of rotatable bonds is 5. The number of carbonyl (C=O) groups is 1. The molecular weight excluding hydrogens is 388 g/mol. The maximum atomic E-state index is 12.7. The van der Waals surface area contributed by atoms with Gasteiger partial charge in [0.15, 0.2) is 5.82 Å². The number of nitrogens with one attached hydrogen (secondary N) is 1. The molecule has 29 heavy (non-hydrogen) atoms. The first-order valence-corrected chi connectivity index (χ1v) is 9.25. The van der Waals surface area contributed by atoms with Crippen LogP contribution in [0.1, 0.15) is 10.6 Å². The Bertz CT molecular complexity index is 1140. The van der Waals surface area contributed by atoms with Crippen molar-refractivity contribution in [1.29, 1.82) is 0 Å². The van der Waals surface area contributed by atoms with E-state index in [1.54, 1.807) is 36.1 Å². The van der Waals surface area contributed by atoms with Crippen LogP contribution in [-0.4, -0.2) is 27.8 Å². The van der Waals surface area contributed by atoms with Crippen LogP contribution in [0.25, 0.3) is 17.1 Å². The monoisotopic (exact) mass is 404 g/mol. The summed E-state index contributed by atoms with van der Waals surface area (Å²) in [5.74, 6) is 0.921. The van der Waals surface area contributed by atoms with Gasteiger partial charge >= 0.3 is 0 Å². The Balaban J connectivity index is 1.73. The maximum absolute atomic E-state index is 12.7. The zero-order chi connectivity index (χ0) is 20.2. The van der Waals surface area contributed by atoms with Gasteiger partial charge in [-0.05, 0) is 54.6 Å². The Labute approximate surface area is 172 Å². The first-order valence-electron chi connectivity index (χ1n) is 8.88. The fourth-order valence-electron chi connectivity index (χ4n) is 2.84. The van der Waals surface area contributed by atoms with Gasteiger partial charge in [-0.3, -0.25) is 4.79 Å². The summed E-state index contributed by atoms with van der Waals surface area (Å²) in [6.45, 7) is 0. The summed E-state index contributed by atoms with van der Waals surface area (Å²) in [6.07, 6.45) is 0. The number of methoxy groups -OCH3 is 1. The third kappa shape index (κ3) is 4.12. The van der Waals surface area contributed by atoms with Crippen LogP contribution in [-0.2, 0) is 0 Å². The Morgan fingerprint density at radius 2 is 1.76 bits per heavy atom. The highest BCUT2D eigenvalue weighted by Crippen LogP contribution is 2.24. The van der Waals surface area contributed by atoms with Crippen molar-refractivity contribution in [2.45, 2.75) is 0 Å². The lowest BCUT2D eigenvalue weighted by Gasteiger charge is -2.06. The second-order valence-corrected chi connectivity index (χ2v) is 6.64. The van der Waals surface area contributed by atoms with Crippen LogP contribution in [0.2, 0.25) is 5.02 Å². The SMILES string of the molecule is COc1ccc(-c2nc(C(=O)Nc3cccc(Cl)c3)nn2-c2ccccc2)cc1. The molecule has 0 spiro atoms. The molecule has 1 N–H and O–H groups in total. The normalized spacial score (nSPS) is 10.6. The molecule has 1 heterocycles. The van der Waals surface area contributed by atoms with Gasteiger partial charge in [-0.2, -0.15) is 0 Å². The minimum atomic E-state index is -0.420. The average Bonchev–Trinajstić information content (AvgIpc) is 3.20. The van der Waals surface area contributed by atoms with E-state index in [-0.39, 0.29) is 5.82 Å². The van der Waals surface area contributed by atoms with Crippen molar-refractivity contribution in [2.75, 3.05) is 12.4 Å². The van der Waals surface area contributed by atoms with Crippen molar-refractivity contribution in [2.24, 2.45) is 0 Å². The van der Waals surface area contributed by atoms with E-state index in [1.807, 2.05) is 54.6 Å². The van der Waals surface area contributed by atoms with Crippen molar-refractivity contribution in [1.82, 2.24) is 14.8 Å². The smallest absolute Gasteiger partial charge is 0.295 e. The lowest BCUT2D eigenvalue weighted by molar-refractivity contribution is 0.101. The number of nitrogens with zero attached hydrogens (tertiary/aromatic N) is 3. The molecule has 1 amide bonds. The molecule has 0 fully saturated rings. The highest BCUT2D eigenvalue weighted by molar-refractivity contribution is 6.30. The Morgan fingerprint density at radius 3 is 2.45 bits per heavy atom. The van der Waals surface area contributed by atoms with E-state index in [4.69, 9.17) is 16.3 Å². The molecule has 4 rings (SSSR count). The third-order valence-electron chi connectivity index (χ3n) is 4.24. The van der Waals surface area contributed by atoms with E-state index in [0.29, 0.717) is 16.5 Å². The second kappa shape index (κ2) is 8.16. The molecule has 4 aromatic rings. The Morgan fingerprint density at radius 1 is 1.00 bits per heavy atom. The van der Waals surface area contributed by atoms with Crippen molar-refractivity contribution < 1.29 is 9.53 Å². The predicted octanol–water partition coefficient (Wildman–Crippen LogP) is 4.85. The van der Waals surface area contributed by atoms with Crippen LogP contribution in [0.5, 0.6) is 5.75 Å². The fourth-order valence-corrected chi connectivity index (χ4v) is 3.03. The van der Waals surface area contributed by atoms with Gasteiger partial charge in [-0.1, -0.05) is 35.9 Å². The molecule has 0 aliphatic rings. The van der Waals surface area contributed by atoms with Crippen molar-refractivity contribution in [3.63, 3.8) is 0 Å². The number of carbonyl (C=O) groups excluding carboxylic acids is 1. The molecule has 144 valence electrons. The van der Waals surface area contributed by atoms with E-state index >= 15 is 0 Å². The molecule has 0 saturated carbocycles. The highest BCUT2D eigenvalue weighted by Gasteiger charge is 2.19. The van der Waals surface area contributed by atoms with Crippen molar-refractivity contribution >= 4 is 23.2 Å². The zero-order valence-corrected chi connectivity index (χ0v) is 16.3. The molecule has 1 aromatic heterocycles. The molecule has 0 saturated heterocycles. The van der Waals surface area contributed by atoms with E-state index in [2.05, 4.69) is 15.4 Å². The van der Waals surface area contributed by atoms with Gasteiger partial charge in [0, 0.05) is 16.3 Å². The van der Waals surface area contributed by atoms with E-state index in [9.17, 15) is 4.79 Å². The lowest BCUT2D eigenvalue weighted by Crippen LogP contribution is -2.14. The van der Waals surface area contributed by atoms with Crippen molar-refractivity contribution in [3.8, 4) is 22.8 Å². The summed E-state index contributed by atoms with van der Waals surface area (Å²) < 4.78 is 6.87. The quantitative estimate of drug-likeness (QED) is 0.516. The number of hydrogen-bond acceptors (Lipinski definition) is 4. The minimum absolute atomic E-state index is 0.0552. The maximum Gasteiger partial charge on any atom is 0.295 e. The number of para-hydroxylation sites is 1. The first kappa shape index (κ1) is 18.7. The number of hydrogen-bond donors (Lipinski definition) is 1. The van der Waals surface area contributed by atoms with Gasteiger partial charge in [-0.15, -0.1) is 5.10 Å². The third-order valence-corrected chi connectivity index (χ3v) is 4.48. The van der Waals surface area contributed by atoms with Crippen LogP contribution >= 0.6 is 11.6 Å². The number of anilines is 1. The van der Waals surface area contributed by atoms with E-state index < -0.39 is 5.91 Å². The summed E-state index contributed by atoms with van der Waals surface area (Å²) >= 11 is 5.99. The molecule has 0 aliphatic carbocycles. The number of amides is 1. The van der Waals surface area contributed by atoms with Crippen LogP contribution in [0.3, 0.4) is 0 Å². The lowest BCUT2D eigenvalue weighted by atomic mass is 10.2. The second-order valence-electron chi connectivity index (χ2n) is 6.20. The number of ether oxygens (including phenoxy) is 1. The van der Waals surface area contributed by atoms with Crippen LogP contribution in [0.15, 0.2) is 78.9 Å². The fraction of sp³-hybridized carbons (Fsp3) is 0.0455. The van der Waals surface area contributed by atoms with Gasteiger partial charge < -0.3 is 10.1 Å². The predicted molar refractivity (Wildman–Crippen MR) is 113 cm³/mol. The molecule has 0 atom stereocenters. The average molecular weight is 405 g/mol. The van der Waals surface area contributed by atoms with Crippen LogP contribution in [0, 0.1) is 0 Å². The summed E-state index contributed by atoms with van der Waals surface area (Å²) in [5, 5.41) is 7.76. The van der Waals surface area contributed by atoms with Crippen LogP contribution < -0.4 is 10.1 Å². The van der Waals surface area contributed by atoms with Crippen molar-refractivity contribution in [3.05, 3.63) is 89.7 Å². The summed E-state index contributed by atoms with van der Waals surface area (Å²) in [4.78, 5) is 17.2. The molecule has 0 unspecified atom stereocenters. The zero-order valence-electron chi connectivity index (χ0n) is 15.5. The summed E-state index contributed by atoms with van der Waals surface area (Å²) in [5.41, 5.74) is 2.18. The van der Waals surface area contributed by atoms with Crippen LogP contribution in [0.4, 0.5) is 5.69 Å². The molecule has 6 nitrogen and oxygen atoms in total. The van der Waals surface area contributed by atoms with Gasteiger partial charge in [-0.25, -0.2) is 9.67 Å². The van der Waals surface area contributed by atoms with Gasteiger partial charge in [0.25, 0.3) is 5.91 Å². The molecule has 0 aliphatic heterocycles. The summed E-state index contributed by atoms with van der Waals surface area (Å²) in [6, 6.07) is 23.9. The molecule has 7 heteroatoms. The number of benzene rings is 3. The minimum Gasteiger partial charge on any atom is -0.497 e. The van der Waals surface area contributed by atoms with Gasteiger partial charge in [0.1, 0.15) is 5.75 Å². The molecule has 3 aromatic carbocycles. The van der Waals surface area contributed by atoms with E-state index in [1.165, 1.54) is 0 Å². The number of aromatic nitrogens is 3. The number of halogens is 1. The standard InChI is InChI=1S/C22H17ClN4O2/c1-29-19-12-10-15(11-13-19)21-25-20(26-27(21)18-8-3-2-4-9-18)22(28)24-17-7-5-6-16(23)14-17/h2-14H,1H3,(H,24,28). The topological polar surface area (TPSA) is 69.0 Å². The Kier molecular flexibility index (Phi) is 5.27. The molecule has 0 radical (unpaired) electrons. The molecule has 0 bridgehead atoms. The van der Waals surface area contributed by atoms with Gasteiger partial charge in [0.05, 0.1) is 12.8 Å². The first-order chi connectivity index (χ1) is 14.1. The van der Waals surface area contributed by atoms with E-state index in [0.717, 1.165) is 17.0 Å². The Hall–Kier alpha value is -3.64. The largest absolute Gasteiger partial charge is 0.497 e. The highest BCUT2D eigenvalue weighted by atomic mass is 35.5. The summed E-state index contributed by atoms with van der Waals surface area (Å²) in [7, 11) is 1.61. The molecular formula is C22H17ClN4O2.